The predicted molar refractivity (Wildman–Crippen MR) is 90.7 cm³/mol. The maximum atomic E-state index is 12.9. The Balaban J connectivity index is 1.57. The Morgan fingerprint density at radius 3 is 3.04 bits per heavy atom. The fraction of sp³-hybridized carbons (Fsp3) is 0.400. The smallest absolute Gasteiger partial charge is 0.277 e. The van der Waals surface area contributed by atoms with Crippen molar-refractivity contribution in [2.45, 2.75) is 25.9 Å². The lowest BCUT2D eigenvalue weighted by Gasteiger charge is -2.31. The summed E-state index contributed by atoms with van der Waals surface area (Å²) >= 11 is 0. The van der Waals surface area contributed by atoms with Gasteiger partial charge in [-0.25, -0.2) is 4.68 Å². The molecule has 2 aliphatic heterocycles. The van der Waals surface area contributed by atoms with Crippen molar-refractivity contribution in [3.05, 3.63) is 34.4 Å². The van der Waals surface area contributed by atoms with Crippen LogP contribution in [-0.2, 0) is 11.3 Å². The van der Waals surface area contributed by atoms with Crippen LogP contribution in [0.25, 0.3) is 10.9 Å². The van der Waals surface area contributed by atoms with Gasteiger partial charge in [0, 0.05) is 6.54 Å². The van der Waals surface area contributed by atoms with Crippen molar-refractivity contribution in [3.63, 3.8) is 0 Å². The number of benzene rings is 1. The molecular weight excluding hydrogens is 354 g/mol. The van der Waals surface area contributed by atoms with Gasteiger partial charge in [-0.3, -0.25) is 14.5 Å². The van der Waals surface area contributed by atoms with E-state index in [1.54, 1.807) is 17.0 Å². The number of fused-ring (bicyclic) bond motifs is 3. The zero-order valence-corrected chi connectivity index (χ0v) is 14.3. The third-order valence-corrected chi connectivity index (χ3v) is 4.72. The molecule has 0 bridgehead atoms. The van der Waals surface area contributed by atoms with Crippen LogP contribution in [0.3, 0.4) is 0 Å². The third kappa shape index (κ3) is 2.44. The summed E-state index contributed by atoms with van der Waals surface area (Å²) in [7, 11) is 0. The number of rotatable bonds is 3. The highest BCUT2D eigenvalue weighted by molar-refractivity contribution is 6.05. The Morgan fingerprint density at radius 1 is 1.33 bits per heavy atom. The lowest BCUT2D eigenvalue weighted by molar-refractivity contribution is 0.0388. The highest BCUT2D eigenvalue weighted by atomic mass is 16.5. The van der Waals surface area contributed by atoms with Crippen LogP contribution in [-0.4, -0.2) is 65.5 Å². The van der Waals surface area contributed by atoms with Crippen LogP contribution in [0.2, 0.25) is 0 Å². The summed E-state index contributed by atoms with van der Waals surface area (Å²) in [6.45, 7) is 3.13. The standard InChI is InChI=1S/C15H15N9O3/c1-8(6-23-17-7-16-20-23)24-14(26)10-4-11-9(5-12(10)19-21-24)13(25)22-2-3-27-15(22)18-11/h4-5,7-8,15,18H,2-3,6H2,1H3/t8-,15?/m1/s1. The van der Waals surface area contributed by atoms with Crippen molar-refractivity contribution < 1.29 is 9.53 Å². The minimum Gasteiger partial charge on any atom is -0.342 e. The van der Waals surface area contributed by atoms with E-state index < -0.39 is 6.35 Å². The van der Waals surface area contributed by atoms with E-state index in [1.165, 1.54) is 15.8 Å². The van der Waals surface area contributed by atoms with E-state index >= 15 is 0 Å². The lowest BCUT2D eigenvalue weighted by Crippen LogP contribution is -2.45. The quantitative estimate of drug-likeness (QED) is 0.631. The van der Waals surface area contributed by atoms with E-state index in [-0.39, 0.29) is 17.5 Å². The Kier molecular flexibility index (Phi) is 3.40. The molecule has 1 amide bonds. The lowest BCUT2D eigenvalue weighted by atomic mass is 10.1. The summed E-state index contributed by atoms with van der Waals surface area (Å²) in [5.41, 5.74) is 1.07. The summed E-state index contributed by atoms with van der Waals surface area (Å²) < 4.78 is 6.79. The number of amides is 1. The Bertz CT molecular complexity index is 1090. The van der Waals surface area contributed by atoms with Crippen LogP contribution in [0.1, 0.15) is 23.3 Å². The molecule has 1 N–H and O–H groups in total. The molecule has 138 valence electrons. The minimum atomic E-state index is -0.503. The number of aromatic nitrogens is 7. The molecule has 1 aromatic carbocycles. The van der Waals surface area contributed by atoms with Gasteiger partial charge >= 0.3 is 0 Å². The molecule has 0 radical (unpaired) electrons. The van der Waals surface area contributed by atoms with Crippen molar-refractivity contribution in [3.8, 4) is 0 Å². The zero-order valence-electron chi connectivity index (χ0n) is 14.3. The first-order valence-electron chi connectivity index (χ1n) is 8.45. The van der Waals surface area contributed by atoms with Crippen molar-refractivity contribution in [1.82, 2.24) is 40.1 Å². The number of anilines is 1. The average Bonchev–Trinajstić information content (AvgIpc) is 3.33. The number of nitrogens with zero attached hydrogens (tertiary/aromatic N) is 8. The fourth-order valence-electron chi connectivity index (χ4n) is 3.36. The first-order chi connectivity index (χ1) is 13.1. The SMILES string of the molecule is C[C@H](Cn1ncnn1)n1nnc2cc3c(cc2c1=O)NC1OCCN1C3=O. The van der Waals surface area contributed by atoms with Gasteiger partial charge in [-0.2, -0.15) is 4.80 Å². The first kappa shape index (κ1) is 15.8. The van der Waals surface area contributed by atoms with Crippen molar-refractivity contribution in [2.24, 2.45) is 0 Å². The van der Waals surface area contributed by atoms with E-state index in [0.717, 1.165) is 0 Å². The molecule has 5 rings (SSSR count). The van der Waals surface area contributed by atoms with Gasteiger partial charge in [0.05, 0.1) is 35.8 Å². The molecule has 1 fully saturated rings. The number of nitrogens with one attached hydrogen (secondary N) is 1. The van der Waals surface area contributed by atoms with E-state index in [2.05, 4.69) is 31.0 Å². The monoisotopic (exact) mass is 369 g/mol. The maximum Gasteiger partial charge on any atom is 0.277 e. The highest BCUT2D eigenvalue weighted by Gasteiger charge is 2.36. The number of hydrogen-bond acceptors (Lipinski definition) is 9. The van der Waals surface area contributed by atoms with Crippen molar-refractivity contribution in [1.29, 1.82) is 0 Å². The summed E-state index contributed by atoms with van der Waals surface area (Å²) in [6, 6.07) is 2.90. The number of carbonyl (C=O) groups excluding carboxylic acids is 1. The number of carbonyl (C=O) groups is 1. The molecule has 2 atom stereocenters. The number of tetrazole rings is 1. The van der Waals surface area contributed by atoms with Gasteiger partial charge < -0.3 is 10.1 Å². The average molecular weight is 369 g/mol. The molecule has 0 aliphatic carbocycles. The van der Waals surface area contributed by atoms with Crippen LogP contribution in [0.4, 0.5) is 5.69 Å². The minimum absolute atomic E-state index is 0.148. The molecule has 1 unspecified atom stereocenters. The van der Waals surface area contributed by atoms with Gasteiger partial charge in [0.15, 0.2) is 6.33 Å². The normalized spacial score (nSPS) is 19.7. The first-order valence-corrected chi connectivity index (χ1v) is 8.45. The fourth-order valence-corrected chi connectivity index (χ4v) is 3.36. The van der Waals surface area contributed by atoms with Crippen LogP contribution in [0, 0.1) is 0 Å². The van der Waals surface area contributed by atoms with Crippen LogP contribution >= 0.6 is 0 Å². The summed E-state index contributed by atoms with van der Waals surface area (Å²) in [5.74, 6) is -0.148. The van der Waals surface area contributed by atoms with Gasteiger partial charge in [-0.15, -0.1) is 15.3 Å². The summed E-state index contributed by atoms with van der Waals surface area (Å²) in [5, 5.41) is 23.1. The Hall–Kier alpha value is -3.41. The summed E-state index contributed by atoms with van der Waals surface area (Å²) in [4.78, 5) is 28.5. The van der Waals surface area contributed by atoms with E-state index in [0.29, 0.717) is 41.9 Å². The van der Waals surface area contributed by atoms with Crippen LogP contribution in [0.5, 0.6) is 0 Å². The number of hydrogen-bond donors (Lipinski definition) is 1. The van der Waals surface area contributed by atoms with Crippen molar-refractivity contribution >= 4 is 22.5 Å². The molecule has 0 saturated carbocycles. The number of ether oxygens (including phenoxy) is 1. The molecule has 2 aromatic heterocycles. The van der Waals surface area contributed by atoms with Gasteiger partial charge in [-0.05, 0) is 24.3 Å². The Morgan fingerprint density at radius 2 is 2.22 bits per heavy atom. The molecular formula is C15H15N9O3. The predicted octanol–water partition coefficient (Wildman–Crippen LogP) is -0.779. The van der Waals surface area contributed by atoms with Crippen LogP contribution in [0.15, 0.2) is 23.3 Å². The highest BCUT2D eigenvalue weighted by Crippen LogP contribution is 2.30. The molecule has 27 heavy (non-hydrogen) atoms. The van der Waals surface area contributed by atoms with Crippen LogP contribution < -0.4 is 10.9 Å². The molecule has 12 heteroatoms. The van der Waals surface area contributed by atoms with Crippen molar-refractivity contribution in [2.75, 3.05) is 18.5 Å². The van der Waals surface area contributed by atoms with E-state index in [9.17, 15) is 9.59 Å². The van der Waals surface area contributed by atoms with Gasteiger partial charge in [0.2, 0.25) is 6.35 Å². The second-order valence-corrected chi connectivity index (χ2v) is 6.46. The van der Waals surface area contributed by atoms with E-state index in [4.69, 9.17) is 4.74 Å². The molecule has 1 saturated heterocycles. The zero-order chi connectivity index (χ0) is 18.5. The molecule has 2 aliphatic rings. The summed E-state index contributed by atoms with van der Waals surface area (Å²) in [6.07, 6.45) is 0.821. The molecule has 0 spiro atoms. The van der Waals surface area contributed by atoms with Gasteiger partial charge in [0.25, 0.3) is 11.5 Å². The second kappa shape index (κ2) is 5.81. The third-order valence-electron chi connectivity index (χ3n) is 4.72. The maximum absolute atomic E-state index is 12.9. The van der Waals surface area contributed by atoms with E-state index in [1.807, 2.05) is 6.92 Å². The molecule has 4 heterocycles. The topological polar surface area (TPSA) is 133 Å². The van der Waals surface area contributed by atoms with Gasteiger partial charge in [-0.1, -0.05) is 5.21 Å². The molecule has 3 aromatic rings. The van der Waals surface area contributed by atoms with Gasteiger partial charge in [0.1, 0.15) is 5.52 Å². The largest absolute Gasteiger partial charge is 0.342 e. The second-order valence-electron chi connectivity index (χ2n) is 6.46. The molecule has 12 nitrogen and oxygen atoms in total. The Labute approximate surface area is 151 Å².